The number of nitrogens with two attached hydrogens (primary N) is 1. The van der Waals surface area contributed by atoms with Gasteiger partial charge in [0.15, 0.2) is 5.16 Å². The number of thioether (sulfide) groups is 1. The highest BCUT2D eigenvalue weighted by molar-refractivity contribution is 7.99. The zero-order valence-corrected chi connectivity index (χ0v) is 17.5. The van der Waals surface area contributed by atoms with Crippen molar-refractivity contribution >= 4 is 43.3 Å². The lowest BCUT2D eigenvalue weighted by Crippen LogP contribution is -2.20. The minimum absolute atomic E-state index is 0.0381. The molecule has 1 aromatic carbocycles. The van der Waals surface area contributed by atoms with Crippen LogP contribution in [0.25, 0.3) is 10.2 Å². The number of aryl methyl sites for hydroxylation is 2. The zero-order valence-electron chi connectivity index (χ0n) is 15.1. The van der Waals surface area contributed by atoms with E-state index in [1.165, 1.54) is 35.2 Å². The summed E-state index contributed by atoms with van der Waals surface area (Å²) in [5.41, 5.74) is 0.953. The zero-order chi connectivity index (χ0) is 19.8. The van der Waals surface area contributed by atoms with Crippen LogP contribution >= 0.6 is 23.1 Å². The van der Waals surface area contributed by atoms with E-state index >= 15 is 0 Å². The van der Waals surface area contributed by atoms with Crippen molar-refractivity contribution in [2.24, 2.45) is 12.2 Å². The van der Waals surface area contributed by atoms with Gasteiger partial charge in [0, 0.05) is 17.7 Å². The van der Waals surface area contributed by atoms with Crippen molar-refractivity contribution in [3.8, 4) is 5.75 Å². The Hall–Kier alpha value is -1.88. The van der Waals surface area contributed by atoms with E-state index in [4.69, 9.17) is 9.88 Å². The summed E-state index contributed by atoms with van der Waals surface area (Å²) in [5.74, 6) is 1.14. The molecule has 3 aromatic rings. The first-order valence-corrected chi connectivity index (χ1v) is 11.4. The van der Waals surface area contributed by atoms with Gasteiger partial charge in [-0.2, -0.15) is 0 Å². The first-order valence-electron chi connectivity index (χ1n) is 8.03. The van der Waals surface area contributed by atoms with Gasteiger partial charge in [-0.3, -0.25) is 9.36 Å². The summed E-state index contributed by atoms with van der Waals surface area (Å²) in [6.45, 7) is 4.32. The number of benzene rings is 1. The Morgan fingerprint density at radius 3 is 2.56 bits per heavy atom. The van der Waals surface area contributed by atoms with E-state index in [0.29, 0.717) is 28.7 Å². The van der Waals surface area contributed by atoms with Crippen molar-refractivity contribution in [3.05, 3.63) is 45.1 Å². The number of hydrogen-bond donors (Lipinski definition) is 1. The lowest BCUT2D eigenvalue weighted by Gasteiger charge is -2.09. The van der Waals surface area contributed by atoms with Crippen LogP contribution < -0.4 is 15.4 Å². The van der Waals surface area contributed by atoms with Crippen LogP contribution in [0.1, 0.15) is 10.4 Å². The predicted molar refractivity (Wildman–Crippen MR) is 108 cm³/mol. The van der Waals surface area contributed by atoms with Crippen molar-refractivity contribution in [1.82, 2.24) is 9.55 Å². The summed E-state index contributed by atoms with van der Waals surface area (Å²) >= 11 is 2.96. The number of sulfonamides is 1. The third-order valence-electron chi connectivity index (χ3n) is 4.10. The number of hydrogen-bond acceptors (Lipinski definition) is 7. The van der Waals surface area contributed by atoms with Gasteiger partial charge in [-0.1, -0.05) is 11.8 Å². The largest absolute Gasteiger partial charge is 0.493 e. The van der Waals surface area contributed by atoms with Crippen LogP contribution in [-0.4, -0.2) is 30.3 Å². The van der Waals surface area contributed by atoms with E-state index in [1.807, 2.05) is 13.8 Å². The monoisotopic (exact) mass is 425 g/mol. The van der Waals surface area contributed by atoms with Crippen molar-refractivity contribution in [3.63, 3.8) is 0 Å². The van der Waals surface area contributed by atoms with E-state index in [0.717, 1.165) is 15.3 Å². The molecule has 2 heterocycles. The predicted octanol–water partition coefficient (Wildman–Crippen LogP) is 2.43. The van der Waals surface area contributed by atoms with Gasteiger partial charge in [-0.05, 0) is 43.7 Å². The van der Waals surface area contributed by atoms with Gasteiger partial charge in [-0.15, -0.1) is 11.3 Å². The maximum absolute atomic E-state index is 12.6. The van der Waals surface area contributed by atoms with Gasteiger partial charge < -0.3 is 4.74 Å². The second kappa shape index (κ2) is 7.63. The number of ether oxygens (including phenoxy) is 1. The first-order chi connectivity index (χ1) is 12.7. The fourth-order valence-corrected chi connectivity index (χ4v) is 4.88. The van der Waals surface area contributed by atoms with E-state index < -0.39 is 10.0 Å². The maximum atomic E-state index is 12.6. The summed E-state index contributed by atoms with van der Waals surface area (Å²) < 4.78 is 29.6. The highest BCUT2D eigenvalue weighted by Gasteiger charge is 2.14. The molecule has 27 heavy (non-hydrogen) atoms. The summed E-state index contributed by atoms with van der Waals surface area (Å²) in [6.07, 6.45) is 0. The first kappa shape index (κ1) is 19.9. The third-order valence-corrected chi connectivity index (χ3v) is 7.13. The van der Waals surface area contributed by atoms with Crippen LogP contribution in [0.4, 0.5) is 0 Å². The van der Waals surface area contributed by atoms with Gasteiger partial charge in [0.1, 0.15) is 10.6 Å². The molecule has 0 aliphatic heterocycles. The molecule has 0 fully saturated rings. The number of primary sulfonamides is 1. The Morgan fingerprint density at radius 1 is 1.26 bits per heavy atom. The van der Waals surface area contributed by atoms with Crippen LogP contribution in [0, 0.1) is 13.8 Å². The Bertz CT molecular complexity index is 1150. The topological polar surface area (TPSA) is 104 Å². The molecule has 0 radical (unpaired) electrons. The van der Waals surface area contributed by atoms with Crippen molar-refractivity contribution in [2.75, 3.05) is 12.4 Å². The number of rotatable bonds is 6. The second-order valence-electron chi connectivity index (χ2n) is 5.94. The normalized spacial score (nSPS) is 11.9. The van der Waals surface area contributed by atoms with E-state index in [2.05, 4.69) is 4.98 Å². The summed E-state index contributed by atoms with van der Waals surface area (Å²) in [4.78, 5) is 19.1. The summed E-state index contributed by atoms with van der Waals surface area (Å²) in [7, 11) is -1.99. The molecule has 2 N–H and O–H groups in total. The highest BCUT2D eigenvalue weighted by atomic mass is 32.2. The molecule has 0 atom stereocenters. The average molecular weight is 426 g/mol. The number of aromatic nitrogens is 2. The lowest BCUT2D eigenvalue weighted by molar-refractivity contribution is 0.343. The van der Waals surface area contributed by atoms with Gasteiger partial charge in [-0.25, -0.2) is 18.5 Å². The van der Waals surface area contributed by atoms with Crippen LogP contribution in [-0.2, 0) is 17.1 Å². The van der Waals surface area contributed by atoms with Crippen LogP contribution in [0.15, 0.2) is 39.1 Å². The molecule has 144 valence electrons. The minimum Gasteiger partial charge on any atom is -0.493 e. The maximum Gasteiger partial charge on any atom is 0.262 e. The fourth-order valence-electron chi connectivity index (χ4n) is 2.50. The Kier molecular flexibility index (Phi) is 5.61. The molecule has 0 bridgehead atoms. The number of nitrogens with zero attached hydrogens (tertiary/aromatic N) is 2. The summed E-state index contributed by atoms with van der Waals surface area (Å²) in [6, 6.07) is 5.92. The van der Waals surface area contributed by atoms with Crippen molar-refractivity contribution < 1.29 is 13.2 Å². The highest BCUT2D eigenvalue weighted by Crippen LogP contribution is 2.28. The quantitative estimate of drug-likeness (QED) is 0.369. The van der Waals surface area contributed by atoms with E-state index in [1.54, 1.807) is 23.7 Å². The molecule has 0 amide bonds. The third kappa shape index (κ3) is 4.18. The van der Waals surface area contributed by atoms with Crippen LogP contribution in [0.3, 0.4) is 0 Å². The number of thiophene rings is 1. The molecule has 2 aromatic heterocycles. The number of fused-ring (bicyclic) bond motifs is 1. The molecular formula is C17H19N3O4S3. The smallest absolute Gasteiger partial charge is 0.262 e. The lowest BCUT2D eigenvalue weighted by atomic mass is 10.2. The van der Waals surface area contributed by atoms with E-state index in [9.17, 15) is 13.2 Å². The Morgan fingerprint density at radius 2 is 1.93 bits per heavy atom. The molecular weight excluding hydrogens is 406 g/mol. The van der Waals surface area contributed by atoms with E-state index in [-0.39, 0.29) is 10.5 Å². The van der Waals surface area contributed by atoms with Crippen LogP contribution in [0.2, 0.25) is 0 Å². The molecule has 0 saturated heterocycles. The Balaban J connectivity index is 1.66. The molecule has 0 aliphatic rings. The SMILES string of the molecule is Cc1sc2nc(SCCOc3ccc(S(N)(=O)=O)cc3)n(C)c(=O)c2c1C. The molecule has 3 rings (SSSR count). The molecule has 0 spiro atoms. The molecule has 7 nitrogen and oxygen atoms in total. The minimum atomic E-state index is -3.71. The van der Waals surface area contributed by atoms with Crippen molar-refractivity contribution in [2.45, 2.75) is 23.9 Å². The Labute approximate surface area is 165 Å². The average Bonchev–Trinajstić information content (AvgIpc) is 2.89. The second-order valence-corrected chi connectivity index (χ2v) is 9.76. The summed E-state index contributed by atoms with van der Waals surface area (Å²) in [5, 5.41) is 6.39. The molecule has 0 saturated carbocycles. The molecule has 10 heteroatoms. The van der Waals surface area contributed by atoms with Gasteiger partial charge in [0.25, 0.3) is 5.56 Å². The van der Waals surface area contributed by atoms with Crippen LogP contribution in [0.5, 0.6) is 5.75 Å². The standard InChI is InChI=1S/C17H19N3O4S3/c1-10-11(2)26-15-14(10)16(21)20(3)17(19-15)25-9-8-24-12-4-6-13(7-5-12)27(18,22)23/h4-7H,8-9H2,1-3H3,(H2,18,22,23). The van der Waals surface area contributed by atoms with Gasteiger partial charge in [0.2, 0.25) is 10.0 Å². The van der Waals surface area contributed by atoms with Gasteiger partial charge in [0.05, 0.1) is 16.9 Å². The molecule has 0 aliphatic carbocycles. The fraction of sp³-hybridized carbons (Fsp3) is 0.294. The van der Waals surface area contributed by atoms with Gasteiger partial charge >= 0.3 is 0 Å². The van der Waals surface area contributed by atoms with Crippen molar-refractivity contribution in [1.29, 1.82) is 0 Å². The molecule has 0 unspecified atom stereocenters.